The SMILES string of the molecule is CC(C)(C)c1cccc(C2(NS(=O)C(C)(C)C)CCC3(CC2)OCCO3)c1. The third-order valence-electron chi connectivity index (χ3n) is 5.80. The van der Waals surface area contributed by atoms with E-state index in [9.17, 15) is 4.21 Å². The summed E-state index contributed by atoms with van der Waals surface area (Å²) in [6.45, 7) is 14.1. The van der Waals surface area contributed by atoms with E-state index in [4.69, 9.17) is 9.47 Å². The van der Waals surface area contributed by atoms with Gasteiger partial charge in [-0.1, -0.05) is 45.0 Å². The van der Waals surface area contributed by atoms with Gasteiger partial charge in [0.15, 0.2) is 5.79 Å². The minimum absolute atomic E-state index is 0.0773. The maximum Gasteiger partial charge on any atom is 0.168 e. The van der Waals surface area contributed by atoms with Crippen molar-refractivity contribution in [2.24, 2.45) is 0 Å². The van der Waals surface area contributed by atoms with Crippen LogP contribution in [0.2, 0.25) is 0 Å². The summed E-state index contributed by atoms with van der Waals surface area (Å²) in [5.41, 5.74) is 2.28. The van der Waals surface area contributed by atoms with E-state index in [2.05, 4.69) is 49.8 Å². The highest BCUT2D eigenvalue weighted by atomic mass is 32.2. The van der Waals surface area contributed by atoms with Crippen molar-refractivity contribution in [1.82, 2.24) is 4.72 Å². The second-order valence-corrected chi connectivity index (χ2v) is 12.0. The van der Waals surface area contributed by atoms with Crippen molar-refractivity contribution in [3.05, 3.63) is 35.4 Å². The first-order chi connectivity index (χ1) is 12.5. The third kappa shape index (κ3) is 4.47. The molecule has 1 aliphatic heterocycles. The molecule has 27 heavy (non-hydrogen) atoms. The van der Waals surface area contributed by atoms with E-state index < -0.39 is 16.8 Å². The van der Waals surface area contributed by atoms with E-state index in [1.807, 2.05) is 20.8 Å². The zero-order valence-electron chi connectivity index (χ0n) is 17.7. The van der Waals surface area contributed by atoms with E-state index in [0.29, 0.717) is 13.2 Å². The van der Waals surface area contributed by atoms with Gasteiger partial charge >= 0.3 is 0 Å². The Morgan fingerprint density at radius 2 is 1.56 bits per heavy atom. The standard InChI is InChI=1S/C22H35NO3S/c1-19(2,3)17-8-7-9-18(16-17)21(23-27(24)20(4,5)6)10-12-22(13-11-21)25-14-15-26-22/h7-9,16,23H,10-15H2,1-6H3. The lowest BCUT2D eigenvalue weighted by atomic mass is 9.73. The molecule has 2 aliphatic rings. The Morgan fingerprint density at radius 3 is 2.07 bits per heavy atom. The molecule has 0 aromatic heterocycles. The van der Waals surface area contributed by atoms with Crippen LogP contribution in [0.15, 0.2) is 24.3 Å². The zero-order valence-corrected chi connectivity index (χ0v) is 18.5. The summed E-state index contributed by atoms with van der Waals surface area (Å²) in [6.07, 6.45) is 3.34. The van der Waals surface area contributed by atoms with Crippen molar-refractivity contribution in [3.63, 3.8) is 0 Å². The Bertz CT molecular complexity index is 686. The molecule has 3 rings (SSSR count). The van der Waals surface area contributed by atoms with Gasteiger partial charge in [0.05, 0.1) is 34.5 Å². The summed E-state index contributed by atoms with van der Waals surface area (Å²) in [4.78, 5) is 0. The number of ether oxygens (including phenoxy) is 2. The average Bonchev–Trinajstić information content (AvgIpc) is 3.04. The van der Waals surface area contributed by atoms with Gasteiger partial charge in [0, 0.05) is 12.8 Å². The lowest BCUT2D eigenvalue weighted by molar-refractivity contribution is -0.185. The highest BCUT2D eigenvalue weighted by molar-refractivity contribution is 7.84. The maximum atomic E-state index is 13.0. The Morgan fingerprint density at radius 1 is 0.963 bits per heavy atom. The van der Waals surface area contributed by atoms with Crippen molar-refractivity contribution < 1.29 is 13.7 Å². The van der Waals surface area contributed by atoms with Gasteiger partial charge in [0.25, 0.3) is 0 Å². The predicted molar refractivity (Wildman–Crippen MR) is 111 cm³/mol. The van der Waals surface area contributed by atoms with E-state index in [-0.39, 0.29) is 15.7 Å². The Kier molecular flexibility index (Phi) is 5.63. The van der Waals surface area contributed by atoms with Crippen LogP contribution in [0, 0.1) is 0 Å². The van der Waals surface area contributed by atoms with Crippen LogP contribution in [0.25, 0.3) is 0 Å². The van der Waals surface area contributed by atoms with E-state index >= 15 is 0 Å². The van der Waals surface area contributed by atoms with Crippen LogP contribution < -0.4 is 4.72 Å². The normalized spacial score (nSPS) is 23.5. The summed E-state index contributed by atoms with van der Waals surface area (Å²) in [5, 5.41) is 0. The maximum absolute atomic E-state index is 13.0. The second kappa shape index (κ2) is 7.25. The van der Waals surface area contributed by atoms with Gasteiger partial charge in [0.1, 0.15) is 0 Å². The van der Waals surface area contributed by atoms with Crippen LogP contribution in [0.4, 0.5) is 0 Å². The Balaban J connectivity index is 1.95. The topological polar surface area (TPSA) is 47.6 Å². The van der Waals surface area contributed by atoms with Gasteiger partial charge in [-0.05, 0) is 50.2 Å². The lowest BCUT2D eigenvalue weighted by Gasteiger charge is -2.45. The highest BCUT2D eigenvalue weighted by Gasteiger charge is 2.48. The summed E-state index contributed by atoms with van der Waals surface area (Å²) >= 11 is 0. The van der Waals surface area contributed by atoms with Gasteiger partial charge < -0.3 is 9.47 Å². The Labute approximate surface area is 167 Å². The molecule has 1 saturated heterocycles. The van der Waals surface area contributed by atoms with Crippen LogP contribution in [0.5, 0.6) is 0 Å². The molecule has 1 unspecified atom stereocenters. The molecule has 0 bridgehead atoms. The zero-order chi connectivity index (χ0) is 19.9. The van der Waals surface area contributed by atoms with Gasteiger partial charge in [-0.3, -0.25) is 0 Å². The molecule has 1 aromatic carbocycles. The van der Waals surface area contributed by atoms with Crippen molar-refractivity contribution in [2.45, 2.75) is 88.7 Å². The summed E-state index contributed by atoms with van der Waals surface area (Å²) in [5.74, 6) is -0.434. The minimum Gasteiger partial charge on any atom is -0.348 e. The fourth-order valence-electron chi connectivity index (χ4n) is 3.91. The van der Waals surface area contributed by atoms with E-state index in [1.54, 1.807) is 0 Å². The molecule has 1 saturated carbocycles. The Hall–Kier alpha value is -0.750. The molecule has 0 amide bonds. The number of benzene rings is 1. The van der Waals surface area contributed by atoms with Gasteiger partial charge in [-0.25, -0.2) is 8.93 Å². The summed E-state index contributed by atoms with van der Waals surface area (Å²) in [7, 11) is -1.15. The molecule has 0 radical (unpaired) electrons. The first-order valence-corrected chi connectivity index (χ1v) is 11.2. The first kappa shape index (κ1) is 21.0. The molecule has 152 valence electrons. The molecule has 1 heterocycles. The number of nitrogens with one attached hydrogen (secondary N) is 1. The van der Waals surface area contributed by atoms with Crippen LogP contribution in [0.1, 0.15) is 78.4 Å². The number of hydrogen-bond acceptors (Lipinski definition) is 3. The fourth-order valence-corrected chi connectivity index (χ4v) is 4.89. The van der Waals surface area contributed by atoms with E-state index in [0.717, 1.165) is 25.7 Å². The van der Waals surface area contributed by atoms with Crippen molar-refractivity contribution >= 4 is 11.0 Å². The van der Waals surface area contributed by atoms with Gasteiger partial charge in [-0.2, -0.15) is 0 Å². The van der Waals surface area contributed by atoms with Crippen molar-refractivity contribution in [1.29, 1.82) is 0 Å². The van der Waals surface area contributed by atoms with Crippen LogP contribution in [0.3, 0.4) is 0 Å². The van der Waals surface area contributed by atoms with Crippen molar-refractivity contribution in [2.75, 3.05) is 13.2 Å². The van der Waals surface area contributed by atoms with Gasteiger partial charge in [-0.15, -0.1) is 0 Å². The van der Waals surface area contributed by atoms with E-state index in [1.165, 1.54) is 11.1 Å². The molecule has 5 heteroatoms. The molecule has 1 spiro atoms. The summed E-state index contributed by atoms with van der Waals surface area (Å²) in [6, 6.07) is 8.79. The van der Waals surface area contributed by atoms with Gasteiger partial charge in [0.2, 0.25) is 0 Å². The second-order valence-electron chi connectivity index (χ2n) is 10.0. The summed E-state index contributed by atoms with van der Waals surface area (Å²) < 4.78 is 28.1. The molecular weight excluding hydrogens is 358 g/mol. The molecule has 1 aliphatic carbocycles. The molecule has 1 atom stereocenters. The van der Waals surface area contributed by atoms with Crippen LogP contribution in [-0.4, -0.2) is 28.0 Å². The monoisotopic (exact) mass is 393 g/mol. The predicted octanol–water partition coefficient (Wildman–Crippen LogP) is 4.55. The molecular formula is C22H35NO3S. The highest BCUT2D eigenvalue weighted by Crippen LogP contribution is 2.46. The molecule has 1 aromatic rings. The fraction of sp³-hybridized carbons (Fsp3) is 0.727. The third-order valence-corrected chi connectivity index (χ3v) is 7.49. The number of hydrogen-bond donors (Lipinski definition) is 1. The molecule has 1 N–H and O–H groups in total. The first-order valence-electron chi connectivity index (χ1n) is 10.0. The largest absolute Gasteiger partial charge is 0.348 e. The minimum atomic E-state index is -1.15. The number of rotatable bonds is 3. The van der Waals surface area contributed by atoms with Crippen LogP contribution in [-0.2, 0) is 31.4 Å². The molecule has 2 fully saturated rings. The smallest absolute Gasteiger partial charge is 0.168 e. The quantitative estimate of drug-likeness (QED) is 0.820. The lowest BCUT2D eigenvalue weighted by Crippen LogP contribution is -2.53. The van der Waals surface area contributed by atoms with Crippen molar-refractivity contribution in [3.8, 4) is 0 Å². The molecule has 4 nitrogen and oxygen atoms in total. The van der Waals surface area contributed by atoms with Crippen LogP contribution >= 0.6 is 0 Å². The average molecular weight is 394 g/mol.